The van der Waals surface area contributed by atoms with E-state index in [-0.39, 0.29) is 5.54 Å². The number of aliphatic hydroxyl groups excluding tert-OH is 1. The van der Waals surface area contributed by atoms with Crippen molar-refractivity contribution in [3.63, 3.8) is 0 Å². The zero-order valence-corrected chi connectivity index (χ0v) is 12.2. The lowest BCUT2D eigenvalue weighted by Crippen LogP contribution is -2.53. The molecule has 0 aromatic carbocycles. The molecule has 0 aromatic heterocycles. The van der Waals surface area contributed by atoms with Crippen molar-refractivity contribution in [1.82, 2.24) is 0 Å². The molecule has 16 heavy (non-hydrogen) atoms. The van der Waals surface area contributed by atoms with E-state index < -0.39 is 14.9 Å². The molecule has 0 bridgehead atoms. The molecule has 0 aliphatic heterocycles. The van der Waals surface area contributed by atoms with Gasteiger partial charge in [0, 0.05) is 19.8 Å². The van der Waals surface area contributed by atoms with Crippen LogP contribution in [0, 0.1) is 0 Å². The van der Waals surface area contributed by atoms with Crippen LogP contribution in [0.3, 0.4) is 0 Å². The first-order valence-corrected chi connectivity index (χ1v) is 7.97. The summed E-state index contributed by atoms with van der Waals surface area (Å²) in [6, 6.07) is 0. The normalized spacial score (nSPS) is 16.1. The molecule has 0 amide bonds. The van der Waals surface area contributed by atoms with E-state index in [0.717, 1.165) is 6.42 Å². The molecular weight excluding hydrogens is 224 g/mol. The Labute approximate surface area is 100 Å². The van der Waals surface area contributed by atoms with Crippen molar-refractivity contribution in [2.45, 2.75) is 52.7 Å². The molecule has 1 N–H and O–H groups in total. The summed E-state index contributed by atoms with van der Waals surface area (Å²) in [6.07, 6.45) is 0.325. The highest BCUT2D eigenvalue weighted by Crippen LogP contribution is 2.32. The van der Waals surface area contributed by atoms with Gasteiger partial charge in [0.25, 0.3) is 0 Å². The molecule has 0 radical (unpaired) electrons. The van der Waals surface area contributed by atoms with Gasteiger partial charge in [0.05, 0.1) is 11.6 Å². The van der Waals surface area contributed by atoms with Gasteiger partial charge in [-0.1, -0.05) is 6.92 Å². The van der Waals surface area contributed by atoms with Crippen LogP contribution in [0.1, 0.15) is 41.0 Å². The van der Waals surface area contributed by atoms with Crippen molar-refractivity contribution in [3.05, 3.63) is 0 Å². The van der Waals surface area contributed by atoms with E-state index in [1.807, 2.05) is 27.7 Å². The summed E-state index contributed by atoms with van der Waals surface area (Å²) >= 11 is 0. The highest BCUT2D eigenvalue weighted by atomic mass is 28.4. The van der Waals surface area contributed by atoms with Crippen LogP contribution in [0.4, 0.5) is 0 Å². The second kappa shape index (κ2) is 8.19. The fourth-order valence-electron chi connectivity index (χ4n) is 1.94. The number of hydrogen-bond acceptors (Lipinski definition) is 4. The highest BCUT2D eigenvalue weighted by molar-refractivity contribution is 6.62. The van der Waals surface area contributed by atoms with Crippen LogP contribution in [-0.4, -0.2) is 39.8 Å². The van der Waals surface area contributed by atoms with E-state index in [2.05, 4.69) is 0 Å². The lowest BCUT2D eigenvalue weighted by Gasteiger charge is -2.36. The second-order valence-electron chi connectivity index (χ2n) is 3.66. The minimum absolute atomic E-state index is 0.0488. The first-order valence-electron chi connectivity index (χ1n) is 6.17. The quantitative estimate of drug-likeness (QED) is 0.637. The summed E-state index contributed by atoms with van der Waals surface area (Å²) in [7, 11) is -2.74. The van der Waals surface area contributed by atoms with Gasteiger partial charge in [-0.15, -0.1) is 0 Å². The molecule has 4 nitrogen and oxygen atoms in total. The molecule has 0 saturated heterocycles. The molecule has 0 fully saturated rings. The van der Waals surface area contributed by atoms with Crippen molar-refractivity contribution in [3.8, 4) is 0 Å². The molecule has 2 unspecified atom stereocenters. The Kier molecular flexibility index (Phi) is 8.22. The first-order chi connectivity index (χ1) is 7.57. The van der Waals surface area contributed by atoms with Crippen molar-refractivity contribution < 1.29 is 18.4 Å². The molecule has 0 heterocycles. The van der Waals surface area contributed by atoms with Gasteiger partial charge in [-0.25, -0.2) is 0 Å². The van der Waals surface area contributed by atoms with Gasteiger partial charge in [-0.05, 0) is 34.1 Å². The number of hydrogen-bond donors (Lipinski definition) is 1. The largest absolute Gasteiger partial charge is 0.506 e. The van der Waals surface area contributed by atoms with Crippen LogP contribution in [0.15, 0.2) is 0 Å². The summed E-state index contributed by atoms with van der Waals surface area (Å²) < 4.78 is 17.3. The first kappa shape index (κ1) is 16.1. The van der Waals surface area contributed by atoms with Crippen LogP contribution in [0.5, 0.6) is 0 Å². The SMILES string of the molecule is CCO[Si](OCC)(OCC)C(CC)C(C)O. The molecule has 5 heteroatoms. The predicted octanol–water partition coefficient (Wildman–Crippen LogP) is 2.20. The Morgan fingerprint density at radius 2 is 1.31 bits per heavy atom. The lowest BCUT2D eigenvalue weighted by molar-refractivity contribution is 0.0387. The van der Waals surface area contributed by atoms with E-state index >= 15 is 0 Å². The number of aliphatic hydroxyl groups is 1. The summed E-state index contributed by atoms with van der Waals surface area (Å²) in [6.45, 7) is 11.2. The van der Waals surface area contributed by atoms with Gasteiger partial charge in [-0.2, -0.15) is 0 Å². The fraction of sp³-hybridized carbons (Fsp3) is 1.00. The maximum Gasteiger partial charge on any atom is 0.506 e. The topological polar surface area (TPSA) is 47.9 Å². The third kappa shape index (κ3) is 4.14. The zero-order chi connectivity index (χ0) is 12.6. The summed E-state index contributed by atoms with van der Waals surface area (Å²) in [5.74, 6) is 0. The molecule has 0 saturated carbocycles. The molecule has 0 aliphatic rings. The van der Waals surface area contributed by atoms with Crippen LogP contribution >= 0.6 is 0 Å². The van der Waals surface area contributed by atoms with Gasteiger partial charge in [0.2, 0.25) is 0 Å². The average molecular weight is 250 g/mol. The van der Waals surface area contributed by atoms with Crippen molar-refractivity contribution in [1.29, 1.82) is 0 Å². The zero-order valence-electron chi connectivity index (χ0n) is 11.2. The van der Waals surface area contributed by atoms with Gasteiger partial charge in [-0.3, -0.25) is 0 Å². The molecule has 0 aromatic rings. The standard InChI is InChI=1S/C11H26O4Si/c1-6-11(10(5)12)16(13-7-2,14-8-3)15-9-4/h10-12H,6-9H2,1-5H3. The van der Waals surface area contributed by atoms with E-state index in [1.54, 1.807) is 6.92 Å². The molecule has 98 valence electrons. The van der Waals surface area contributed by atoms with Crippen molar-refractivity contribution >= 4 is 8.80 Å². The molecular formula is C11H26O4Si. The monoisotopic (exact) mass is 250 g/mol. The molecule has 2 atom stereocenters. The Hall–Kier alpha value is 0.0569. The van der Waals surface area contributed by atoms with Gasteiger partial charge < -0.3 is 18.4 Å². The maximum absolute atomic E-state index is 9.82. The van der Waals surface area contributed by atoms with Crippen LogP contribution in [0.2, 0.25) is 5.54 Å². The van der Waals surface area contributed by atoms with Crippen LogP contribution in [-0.2, 0) is 13.3 Å². The molecule has 0 aliphatic carbocycles. The molecule has 0 spiro atoms. The highest BCUT2D eigenvalue weighted by Gasteiger charge is 2.50. The average Bonchev–Trinajstić information content (AvgIpc) is 2.19. The van der Waals surface area contributed by atoms with Gasteiger partial charge in [0.1, 0.15) is 0 Å². The third-order valence-electron chi connectivity index (χ3n) is 2.51. The van der Waals surface area contributed by atoms with E-state index in [0.29, 0.717) is 19.8 Å². The Bertz CT molecular complexity index is 158. The smallest absolute Gasteiger partial charge is 0.393 e. The Morgan fingerprint density at radius 1 is 0.938 bits per heavy atom. The van der Waals surface area contributed by atoms with Gasteiger partial charge >= 0.3 is 8.80 Å². The van der Waals surface area contributed by atoms with Crippen molar-refractivity contribution in [2.75, 3.05) is 19.8 Å². The minimum atomic E-state index is -2.74. The summed E-state index contributed by atoms with van der Waals surface area (Å²) in [5.41, 5.74) is -0.0488. The Morgan fingerprint density at radius 3 is 1.50 bits per heavy atom. The maximum atomic E-state index is 9.82. The summed E-state index contributed by atoms with van der Waals surface area (Å²) in [4.78, 5) is 0. The lowest BCUT2D eigenvalue weighted by atomic mass is 10.2. The third-order valence-corrected chi connectivity index (χ3v) is 6.38. The molecule has 0 rings (SSSR count). The van der Waals surface area contributed by atoms with Crippen molar-refractivity contribution in [2.24, 2.45) is 0 Å². The van der Waals surface area contributed by atoms with E-state index in [1.165, 1.54) is 0 Å². The van der Waals surface area contributed by atoms with E-state index in [4.69, 9.17) is 13.3 Å². The Balaban J connectivity index is 4.93. The van der Waals surface area contributed by atoms with E-state index in [9.17, 15) is 5.11 Å². The predicted molar refractivity (Wildman–Crippen MR) is 66.4 cm³/mol. The second-order valence-corrected chi connectivity index (χ2v) is 6.47. The number of rotatable bonds is 9. The van der Waals surface area contributed by atoms with Crippen LogP contribution < -0.4 is 0 Å². The van der Waals surface area contributed by atoms with Gasteiger partial charge in [0.15, 0.2) is 0 Å². The fourth-order valence-corrected chi connectivity index (χ4v) is 5.13. The summed E-state index contributed by atoms with van der Waals surface area (Å²) in [5, 5.41) is 9.82. The minimum Gasteiger partial charge on any atom is -0.393 e. The van der Waals surface area contributed by atoms with Crippen LogP contribution in [0.25, 0.3) is 0 Å².